The number of likely N-dealkylation sites (tertiary alicyclic amines) is 2. The first-order chi connectivity index (χ1) is 13.1. The quantitative estimate of drug-likeness (QED) is 0.827. The van der Waals surface area contributed by atoms with E-state index >= 15 is 0 Å². The highest BCUT2D eigenvalue weighted by molar-refractivity contribution is 5.86. The lowest BCUT2D eigenvalue weighted by Gasteiger charge is -2.41. The molecular weight excluding hydrogens is 338 g/mol. The lowest BCUT2D eigenvalue weighted by atomic mass is 9.78. The maximum absolute atomic E-state index is 13.1. The number of piperidine rings is 2. The third-order valence-electron chi connectivity index (χ3n) is 6.88. The fourth-order valence-electron chi connectivity index (χ4n) is 5.23. The first kappa shape index (κ1) is 18.9. The molecule has 0 unspecified atom stereocenters. The highest BCUT2D eigenvalue weighted by Crippen LogP contribution is 2.39. The molecule has 4 rings (SSSR count). The molecule has 0 saturated carbocycles. The lowest BCUT2D eigenvalue weighted by molar-refractivity contribution is -0.159. The molecule has 1 aromatic rings. The molecule has 1 atom stereocenters. The van der Waals surface area contributed by atoms with Crippen molar-refractivity contribution in [2.75, 3.05) is 45.8 Å². The van der Waals surface area contributed by atoms with E-state index in [-0.39, 0.29) is 5.91 Å². The van der Waals surface area contributed by atoms with E-state index < -0.39 is 5.60 Å². The second-order valence-corrected chi connectivity index (χ2v) is 8.87. The zero-order valence-corrected chi connectivity index (χ0v) is 16.3. The predicted octanol–water partition coefficient (Wildman–Crippen LogP) is 1.66. The van der Waals surface area contributed by atoms with Crippen LogP contribution >= 0.6 is 0 Å². The number of nitrogens with one attached hydrogen (secondary N) is 1. The topological polar surface area (TPSA) is 55.8 Å². The minimum atomic E-state index is -1.20. The molecule has 3 aliphatic rings. The summed E-state index contributed by atoms with van der Waals surface area (Å²) >= 11 is 0. The minimum Gasteiger partial charge on any atom is -0.379 e. The van der Waals surface area contributed by atoms with Crippen LogP contribution < -0.4 is 5.32 Å². The van der Waals surface area contributed by atoms with Crippen molar-refractivity contribution in [2.24, 2.45) is 5.41 Å². The van der Waals surface area contributed by atoms with Crippen molar-refractivity contribution in [3.8, 4) is 0 Å². The van der Waals surface area contributed by atoms with E-state index in [1.807, 2.05) is 23.1 Å². The number of carbonyl (C=O) groups is 1. The molecule has 3 heterocycles. The number of amides is 1. The van der Waals surface area contributed by atoms with Gasteiger partial charge in [-0.2, -0.15) is 0 Å². The summed E-state index contributed by atoms with van der Waals surface area (Å²) in [6, 6.07) is 10.3. The van der Waals surface area contributed by atoms with Gasteiger partial charge in [0, 0.05) is 26.2 Å². The van der Waals surface area contributed by atoms with Crippen molar-refractivity contribution in [2.45, 2.75) is 44.1 Å². The summed E-state index contributed by atoms with van der Waals surface area (Å²) < 4.78 is 0. The van der Waals surface area contributed by atoms with Crippen molar-refractivity contribution in [1.29, 1.82) is 0 Å². The van der Waals surface area contributed by atoms with E-state index in [0.717, 1.165) is 45.6 Å². The SMILES string of the molecule is O=C1N(CCc2ccccc2)CCC[C@@]1(O)CN1CCC2(CCNCC2)C1. The van der Waals surface area contributed by atoms with Gasteiger partial charge in [0.25, 0.3) is 5.91 Å². The Kier molecular flexibility index (Phi) is 5.53. The third-order valence-corrected chi connectivity index (χ3v) is 6.88. The molecule has 5 nitrogen and oxygen atoms in total. The summed E-state index contributed by atoms with van der Waals surface area (Å²) in [6.07, 6.45) is 5.98. The highest BCUT2D eigenvalue weighted by atomic mass is 16.3. The summed E-state index contributed by atoms with van der Waals surface area (Å²) in [4.78, 5) is 17.3. The number of β-amino-alcohol motifs (C(OH)–C–C–N with tert-alkyl or cyclic N) is 1. The molecule has 1 aromatic carbocycles. The first-order valence-electron chi connectivity index (χ1n) is 10.6. The maximum atomic E-state index is 13.1. The van der Waals surface area contributed by atoms with E-state index in [1.165, 1.54) is 24.8 Å². The standard InChI is InChI=1S/C22H33N3O2/c26-20-22(27,18-24-16-11-21(17-24)9-12-23-13-10-21)8-4-14-25(20)15-7-19-5-2-1-3-6-19/h1-3,5-6,23,27H,4,7-18H2/t22-/m1/s1. The van der Waals surface area contributed by atoms with E-state index in [1.54, 1.807) is 0 Å². The van der Waals surface area contributed by atoms with Crippen LogP contribution in [0.25, 0.3) is 0 Å². The summed E-state index contributed by atoms with van der Waals surface area (Å²) in [5.74, 6) is -0.0593. The number of aliphatic hydroxyl groups is 1. The van der Waals surface area contributed by atoms with Crippen molar-refractivity contribution in [3.63, 3.8) is 0 Å². The summed E-state index contributed by atoms with van der Waals surface area (Å²) in [6.45, 7) is 6.22. The number of hydrogen-bond acceptors (Lipinski definition) is 4. The molecular formula is C22H33N3O2. The Labute approximate surface area is 162 Å². The van der Waals surface area contributed by atoms with Crippen molar-refractivity contribution >= 4 is 5.91 Å². The Balaban J connectivity index is 1.35. The monoisotopic (exact) mass is 371 g/mol. The first-order valence-corrected chi connectivity index (χ1v) is 10.6. The van der Waals surface area contributed by atoms with E-state index in [9.17, 15) is 9.90 Å². The van der Waals surface area contributed by atoms with Gasteiger partial charge >= 0.3 is 0 Å². The number of hydrogen-bond donors (Lipinski definition) is 2. The molecule has 2 N–H and O–H groups in total. The molecule has 1 spiro atoms. The molecule has 148 valence electrons. The van der Waals surface area contributed by atoms with Crippen LogP contribution in [0.4, 0.5) is 0 Å². The highest BCUT2D eigenvalue weighted by Gasteiger charge is 2.46. The fourth-order valence-corrected chi connectivity index (χ4v) is 5.23. The van der Waals surface area contributed by atoms with Crippen LogP contribution in [-0.2, 0) is 11.2 Å². The summed E-state index contributed by atoms with van der Waals surface area (Å²) in [7, 11) is 0. The Morgan fingerprint density at radius 3 is 2.59 bits per heavy atom. The average molecular weight is 372 g/mol. The van der Waals surface area contributed by atoms with Gasteiger partial charge in [0.15, 0.2) is 5.60 Å². The van der Waals surface area contributed by atoms with Crippen LogP contribution in [-0.4, -0.2) is 72.2 Å². The molecule has 27 heavy (non-hydrogen) atoms. The normalized spacial score (nSPS) is 28.8. The largest absolute Gasteiger partial charge is 0.379 e. The third kappa shape index (κ3) is 4.20. The summed E-state index contributed by atoms with van der Waals surface area (Å²) in [5, 5.41) is 14.7. The van der Waals surface area contributed by atoms with E-state index in [2.05, 4.69) is 22.3 Å². The van der Waals surface area contributed by atoms with Gasteiger partial charge in [0.05, 0.1) is 0 Å². The minimum absolute atomic E-state index is 0.0593. The zero-order valence-electron chi connectivity index (χ0n) is 16.3. The van der Waals surface area contributed by atoms with Crippen LogP contribution in [0, 0.1) is 5.41 Å². The molecule has 3 saturated heterocycles. The number of carbonyl (C=O) groups excluding carboxylic acids is 1. The van der Waals surface area contributed by atoms with Crippen LogP contribution in [0.3, 0.4) is 0 Å². The molecule has 3 aliphatic heterocycles. The Morgan fingerprint density at radius 1 is 1.04 bits per heavy atom. The second kappa shape index (κ2) is 7.90. The number of benzene rings is 1. The lowest BCUT2D eigenvalue weighted by Crippen LogP contribution is -2.58. The number of rotatable bonds is 5. The molecule has 0 aliphatic carbocycles. The molecule has 1 amide bonds. The van der Waals surface area contributed by atoms with E-state index in [0.29, 0.717) is 24.9 Å². The van der Waals surface area contributed by atoms with Gasteiger partial charge in [0.1, 0.15) is 0 Å². The second-order valence-electron chi connectivity index (χ2n) is 8.87. The predicted molar refractivity (Wildman–Crippen MR) is 107 cm³/mol. The molecule has 0 radical (unpaired) electrons. The van der Waals surface area contributed by atoms with Gasteiger partial charge in [-0.1, -0.05) is 30.3 Å². The van der Waals surface area contributed by atoms with Gasteiger partial charge in [-0.25, -0.2) is 0 Å². The van der Waals surface area contributed by atoms with Crippen molar-refractivity contribution in [3.05, 3.63) is 35.9 Å². The van der Waals surface area contributed by atoms with Gasteiger partial charge in [-0.15, -0.1) is 0 Å². The maximum Gasteiger partial charge on any atom is 0.255 e. The number of nitrogens with zero attached hydrogens (tertiary/aromatic N) is 2. The van der Waals surface area contributed by atoms with Crippen molar-refractivity contribution < 1.29 is 9.90 Å². The Hall–Kier alpha value is -1.43. The smallest absolute Gasteiger partial charge is 0.255 e. The molecule has 5 heteroatoms. The Morgan fingerprint density at radius 2 is 1.81 bits per heavy atom. The Bertz CT molecular complexity index is 644. The van der Waals surface area contributed by atoms with Crippen LogP contribution in [0.5, 0.6) is 0 Å². The van der Waals surface area contributed by atoms with E-state index in [4.69, 9.17) is 0 Å². The van der Waals surface area contributed by atoms with Crippen LogP contribution in [0.15, 0.2) is 30.3 Å². The average Bonchev–Trinajstić information content (AvgIpc) is 3.06. The van der Waals surface area contributed by atoms with Gasteiger partial charge in [-0.05, 0) is 69.1 Å². The molecule has 0 aromatic heterocycles. The van der Waals surface area contributed by atoms with Gasteiger partial charge < -0.3 is 15.3 Å². The zero-order chi connectivity index (χ0) is 18.7. The summed E-state index contributed by atoms with van der Waals surface area (Å²) in [5.41, 5.74) is 0.450. The molecule has 0 bridgehead atoms. The van der Waals surface area contributed by atoms with Gasteiger partial charge in [-0.3, -0.25) is 9.69 Å². The van der Waals surface area contributed by atoms with Crippen molar-refractivity contribution in [1.82, 2.24) is 15.1 Å². The van der Waals surface area contributed by atoms with Crippen LogP contribution in [0.1, 0.15) is 37.7 Å². The van der Waals surface area contributed by atoms with Gasteiger partial charge in [0.2, 0.25) is 0 Å². The fraction of sp³-hybridized carbons (Fsp3) is 0.682. The van der Waals surface area contributed by atoms with Crippen LogP contribution in [0.2, 0.25) is 0 Å². The molecule has 3 fully saturated rings.